The molecule has 0 fully saturated rings. The van der Waals surface area contributed by atoms with E-state index in [1.54, 1.807) is 6.20 Å². The van der Waals surface area contributed by atoms with Gasteiger partial charge in [0.05, 0.1) is 6.67 Å². The zero-order valence-electron chi connectivity index (χ0n) is 13.3. The summed E-state index contributed by atoms with van der Waals surface area (Å²) in [5, 5.41) is 0. The van der Waals surface area contributed by atoms with Crippen LogP contribution in [0.3, 0.4) is 0 Å². The zero-order chi connectivity index (χ0) is 16.3. The largest absolute Gasteiger partial charge is 0.384 e. The number of nitrogens with two attached hydrogens (primary N) is 3. The number of hydrogen-bond acceptors (Lipinski definition) is 4. The van der Waals surface area contributed by atoms with Crippen molar-refractivity contribution in [2.75, 3.05) is 6.67 Å². The van der Waals surface area contributed by atoms with Crippen LogP contribution in [0, 0.1) is 6.92 Å². The standard InChI is InChI=1S/C14H21N5.C2H6/c1-10-3-4-11(7-15)12(5-10)6-13(8-18-2)14(17)19-9-16;1-2/h3-5,8H,2,6-7,9,15-16H2,1H3,(H2,17,19);1-2H3/b13-8-;. The summed E-state index contributed by atoms with van der Waals surface area (Å²) in [5.74, 6) is 0.388. The van der Waals surface area contributed by atoms with E-state index in [2.05, 4.69) is 22.8 Å². The van der Waals surface area contributed by atoms with Crippen molar-refractivity contribution >= 4 is 12.6 Å². The van der Waals surface area contributed by atoms with Crippen molar-refractivity contribution in [2.24, 2.45) is 27.2 Å². The Morgan fingerprint density at radius 1 is 1.24 bits per heavy atom. The van der Waals surface area contributed by atoms with Crippen molar-refractivity contribution in [1.82, 2.24) is 0 Å². The van der Waals surface area contributed by atoms with Gasteiger partial charge in [-0.25, -0.2) is 0 Å². The van der Waals surface area contributed by atoms with Crippen LogP contribution in [-0.2, 0) is 13.0 Å². The van der Waals surface area contributed by atoms with E-state index >= 15 is 0 Å². The van der Waals surface area contributed by atoms with Gasteiger partial charge in [-0.3, -0.25) is 9.98 Å². The molecule has 5 nitrogen and oxygen atoms in total. The van der Waals surface area contributed by atoms with E-state index in [-0.39, 0.29) is 6.67 Å². The SMILES string of the molecule is C=N/C=C(Cc1cc(C)ccc1CN)\C(N)=N/CN.CC. The molecule has 0 aliphatic rings. The smallest absolute Gasteiger partial charge is 0.124 e. The van der Waals surface area contributed by atoms with Crippen LogP contribution in [-0.4, -0.2) is 19.2 Å². The van der Waals surface area contributed by atoms with Crippen LogP contribution in [0.15, 0.2) is 40.0 Å². The van der Waals surface area contributed by atoms with Crippen LogP contribution >= 0.6 is 0 Å². The summed E-state index contributed by atoms with van der Waals surface area (Å²) >= 11 is 0. The fourth-order valence-corrected chi connectivity index (χ4v) is 1.84. The molecule has 116 valence electrons. The normalized spacial score (nSPS) is 11.7. The molecular formula is C16H27N5. The molecule has 0 atom stereocenters. The Morgan fingerprint density at radius 2 is 1.90 bits per heavy atom. The lowest BCUT2D eigenvalue weighted by Gasteiger charge is -2.11. The average molecular weight is 289 g/mol. The van der Waals surface area contributed by atoms with Gasteiger partial charge in [0.1, 0.15) is 5.84 Å². The Kier molecular flexibility index (Phi) is 9.75. The number of nitrogens with zero attached hydrogens (tertiary/aromatic N) is 2. The van der Waals surface area contributed by atoms with Gasteiger partial charge in [0.2, 0.25) is 0 Å². The monoisotopic (exact) mass is 289 g/mol. The van der Waals surface area contributed by atoms with E-state index in [1.807, 2.05) is 32.9 Å². The maximum Gasteiger partial charge on any atom is 0.124 e. The molecule has 5 heteroatoms. The first kappa shape index (κ1) is 19.0. The lowest BCUT2D eigenvalue weighted by Crippen LogP contribution is -2.19. The molecule has 0 saturated heterocycles. The van der Waals surface area contributed by atoms with Crippen LogP contribution in [0.2, 0.25) is 0 Å². The summed E-state index contributed by atoms with van der Waals surface area (Å²) in [5.41, 5.74) is 21.2. The third kappa shape index (κ3) is 6.33. The van der Waals surface area contributed by atoms with Crippen LogP contribution in [0.1, 0.15) is 30.5 Å². The third-order valence-corrected chi connectivity index (χ3v) is 2.80. The highest BCUT2D eigenvalue weighted by atomic mass is 14.9. The first-order valence-electron chi connectivity index (χ1n) is 7.06. The quantitative estimate of drug-likeness (QED) is 0.550. The minimum atomic E-state index is 0.151. The number of benzene rings is 1. The second-order valence-electron chi connectivity index (χ2n) is 4.22. The lowest BCUT2D eigenvalue weighted by atomic mass is 9.97. The van der Waals surface area contributed by atoms with Crippen molar-refractivity contribution in [3.8, 4) is 0 Å². The molecular weight excluding hydrogens is 262 g/mol. The molecule has 0 aromatic heterocycles. The van der Waals surface area contributed by atoms with E-state index in [1.165, 1.54) is 5.56 Å². The fraction of sp³-hybridized carbons (Fsp3) is 0.375. The molecule has 0 saturated carbocycles. The molecule has 0 amide bonds. The van der Waals surface area contributed by atoms with Crippen molar-refractivity contribution in [3.63, 3.8) is 0 Å². The second-order valence-corrected chi connectivity index (χ2v) is 4.22. The van der Waals surface area contributed by atoms with Gasteiger partial charge >= 0.3 is 0 Å². The van der Waals surface area contributed by atoms with Crippen LogP contribution in [0.25, 0.3) is 0 Å². The van der Waals surface area contributed by atoms with Gasteiger partial charge in [-0.2, -0.15) is 0 Å². The van der Waals surface area contributed by atoms with Crippen molar-refractivity contribution < 1.29 is 0 Å². The Balaban J connectivity index is 0.00000191. The number of amidine groups is 1. The van der Waals surface area contributed by atoms with Gasteiger partial charge in [0.15, 0.2) is 0 Å². The minimum absolute atomic E-state index is 0.151. The van der Waals surface area contributed by atoms with Gasteiger partial charge < -0.3 is 17.2 Å². The Hall–Kier alpha value is -1.98. The van der Waals surface area contributed by atoms with Gasteiger partial charge in [0.25, 0.3) is 0 Å². The summed E-state index contributed by atoms with van der Waals surface area (Å²) in [4.78, 5) is 7.77. The van der Waals surface area contributed by atoms with E-state index in [0.717, 1.165) is 16.7 Å². The van der Waals surface area contributed by atoms with Crippen molar-refractivity contribution in [1.29, 1.82) is 0 Å². The fourth-order valence-electron chi connectivity index (χ4n) is 1.84. The number of aliphatic imine (C=N–C) groups is 2. The highest BCUT2D eigenvalue weighted by molar-refractivity contribution is 5.97. The molecule has 21 heavy (non-hydrogen) atoms. The van der Waals surface area contributed by atoms with Crippen LogP contribution in [0.4, 0.5) is 0 Å². The molecule has 1 aromatic rings. The van der Waals surface area contributed by atoms with Gasteiger partial charge in [-0.1, -0.05) is 37.6 Å². The molecule has 0 aliphatic heterocycles. The van der Waals surface area contributed by atoms with Crippen molar-refractivity contribution in [2.45, 2.75) is 33.7 Å². The Morgan fingerprint density at radius 3 is 2.43 bits per heavy atom. The Labute approximate surface area is 127 Å². The van der Waals surface area contributed by atoms with E-state index in [9.17, 15) is 0 Å². The molecule has 0 heterocycles. The predicted molar refractivity (Wildman–Crippen MR) is 92.4 cm³/mol. The molecule has 1 aromatic carbocycles. The third-order valence-electron chi connectivity index (χ3n) is 2.80. The maximum absolute atomic E-state index is 5.87. The van der Waals surface area contributed by atoms with Gasteiger partial charge in [-0.05, 0) is 24.8 Å². The summed E-state index contributed by atoms with van der Waals surface area (Å²) in [7, 11) is 0. The molecule has 0 spiro atoms. The first-order chi connectivity index (χ1) is 10.1. The molecule has 0 aliphatic carbocycles. The second kappa shape index (κ2) is 10.8. The maximum atomic E-state index is 5.87. The molecule has 0 unspecified atom stereocenters. The molecule has 0 bridgehead atoms. The summed E-state index contributed by atoms with van der Waals surface area (Å²) in [6, 6.07) is 6.16. The zero-order valence-corrected chi connectivity index (χ0v) is 13.3. The Bertz CT molecular complexity index is 503. The van der Waals surface area contributed by atoms with Gasteiger partial charge in [-0.15, -0.1) is 0 Å². The molecule has 0 radical (unpaired) electrons. The average Bonchev–Trinajstić information content (AvgIpc) is 2.49. The first-order valence-corrected chi connectivity index (χ1v) is 7.06. The number of aryl methyl sites for hydroxylation is 1. The van der Waals surface area contributed by atoms with Crippen LogP contribution < -0.4 is 17.2 Å². The summed E-state index contributed by atoms with van der Waals surface area (Å²) in [6.45, 7) is 10.1. The van der Waals surface area contributed by atoms with E-state index in [4.69, 9.17) is 17.2 Å². The van der Waals surface area contributed by atoms with Gasteiger partial charge in [0, 0.05) is 24.7 Å². The van der Waals surface area contributed by atoms with Crippen molar-refractivity contribution in [3.05, 3.63) is 46.7 Å². The predicted octanol–water partition coefficient (Wildman–Crippen LogP) is 1.88. The highest BCUT2D eigenvalue weighted by Crippen LogP contribution is 2.16. The topological polar surface area (TPSA) is 103 Å². The summed E-state index contributed by atoms with van der Waals surface area (Å²) in [6.07, 6.45) is 2.22. The number of hydrogen-bond donors (Lipinski definition) is 3. The minimum Gasteiger partial charge on any atom is -0.384 e. The van der Waals surface area contributed by atoms with E-state index in [0.29, 0.717) is 18.8 Å². The lowest BCUT2D eigenvalue weighted by molar-refractivity contribution is 1.01. The van der Waals surface area contributed by atoms with E-state index < -0.39 is 0 Å². The highest BCUT2D eigenvalue weighted by Gasteiger charge is 2.08. The summed E-state index contributed by atoms with van der Waals surface area (Å²) < 4.78 is 0. The van der Waals surface area contributed by atoms with Crippen LogP contribution in [0.5, 0.6) is 0 Å². The molecule has 6 N–H and O–H groups in total. The molecule has 1 rings (SSSR count). The number of rotatable bonds is 6.